The number of hydrogen-bond acceptors (Lipinski definition) is 5. The van der Waals surface area contributed by atoms with Crippen LogP contribution in [0.25, 0.3) is 0 Å². The molecule has 0 N–H and O–H groups in total. The van der Waals surface area contributed by atoms with Crippen LogP contribution in [0.5, 0.6) is 5.75 Å². The molecule has 2 heterocycles. The van der Waals surface area contributed by atoms with Gasteiger partial charge in [-0.15, -0.1) is 0 Å². The zero-order valence-corrected chi connectivity index (χ0v) is 25.4. The number of carbonyl (C=O) groups excluding carboxylic acids is 2. The van der Waals surface area contributed by atoms with Crippen LogP contribution in [0, 0.1) is 5.41 Å². The second-order valence-electron chi connectivity index (χ2n) is 13.1. The van der Waals surface area contributed by atoms with Gasteiger partial charge in [-0.1, -0.05) is 42.8 Å². The lowest BCUT2D eigenvalue weighted by molar-refractivity contribution is -0.142. The Balaban J connectivity index is 1.33. The first-order valence-corrected chi connectivity index (χ1v) is 17.6. The van der Waals surface area contributed by atoms with E-state index in [9.17, 15) is 9.59 Å². The fraction of sp³-hybridized carbons (Fsp3) is 0.704. The number of halogens is 2. The van der Waals surface area contributed by atoms with Gasteiger partial charge in [0.05, 0.1) is 10.0 Å². The number of carbonyl (C=O) groups is 2. The van der Waals surface area contributed by atoms with E-state index in [1.54, 1.807) is 11.0 Å². The van der Waals surface area contributed by atoms with Crippen LogP contribution in [0.4, 0.5) is 4.79 Å². The molecular formula is C27H40Cl2N2O5Si. The fourth-order valence-electron chi connectivity index (χ4n) is 5.51. The first-order chi connectivity index (χ1) is 17.2. The van der Waals surface area contributed by atoms with E-state index < -0.39 is 13.7 Å². The van der Waals surface area contributed by atoms with Gasteiger partial charge in [-0.3, -0.25) is 4.79 Å². The van der Waals surface area contributed by atoms with Gasteiger partial charge in [0, 0.05) is 63.7 Å². The van der Waals surface area contributed by atoms with Gasteiger partial charge in [0.15, 0.2) is 6.79 Å². The minimum atomic E-state index is -1.18. The van der Waals surface area contributed by atoms with Gasteiger partial charge >= 0.3 is 6.09 Å². The van der Waals surface area contributed by atoms with Crippen LogP contribution in [0.2, 0.25) is 35.7 Å². The Labute approximate surface area is 231 Å². The van der Waals surface area contributed by atoms with Crippen molar-refractivity contribution in [2.45, 2.75) is 83.3 Å². The van der Waals surface area contributed by atoms with Crippen molar-refractivity contribution < 1.29 is 23.8 Å². The summed E-state index contributed by atoms with van der Waals surface area (Å²) in [5, 5.41) is 0.895. The quantitative estimate of drug-likeness (QED) is 0.205. The van der Waals surface area contributed by atoms with Crippen molar-refractivity contribution in [3.63, 3.8) is 0 Å². The van der Waals surface area contributed by atoms with Crippen molar-refractivity contribution in [3.8, 4) is 5.75 Å². The summed E-state index contributed by atoms with van der Waals surface area (Å²) in [6.07, 6.45) is 1.93. The highest BCUT2D eigenvalue weighted by Gasteiger charge is 2.57. The first kappa shape index (κ1) is 28.5. The predicted molar refractivity (Wildman–Crippen MR) is 148 cm³/mol. The maximum absolute atomic E-state index is 13.0. The van der Waals surface area contributed by atoms with E-state index in [1.165, 1.54) is 0 Å². The Morgan fingerprint density at radius 3 is 2.46 bits per heavy atom. The summed E-state index contributed by atoms with van der Waals surface area (Å²) in [5.74, 6) is 0.660. The van der Waals surface area contributed by atoms with Gasteiger partial charge in [-0.25, -0.2) is 4.79 Å². The number of likely N-dealkylation sites (tertiary alicyclic amines) is 2. The van der Waals surface area contributed by atoms with Crippen molar-refractivity contribution in [1.82, 2.24) is 9.80 Å². The lowest BCUT2D eigenvalue weighted by Gasteiger charge is -2.60. The maximum Gasteiger partial charge on any atom is 0.410 e. The van der Waals surface area contributed by atoms with E-state index in [2.05, 4.69) is 19.6 Å². The molecule has 1 saturated carbocycles. The molecule has 0 bridgehead atoms. The second-order valence-corrected chi connectivity index (χ2v) is 19.5. The molecule has 1 aliphatic carbocycles. The molecular weight excluding hydrogens is 531 g/mol. The highest BCUT2D eigenvalue weighted by atomic mass is 35.5. The van der Waals surface area contributed by atoms with Crippen molar-refractivity contribution in [3.05, 3.63) is 27.7 Å². The summed E-state index contributed by atoms with van der Waals surface area (Å²) in [7, 11) is -1.18. The van der Waals surface area contributed by atoms with Crippen molar-refractivity contribution in [1.29, 1.82) is 0 Å². The average Bonchev–Trinajstić information content (AvgIpc) is 3.07. The minimum absolute atomic E-state index is 0.0908. The Kier molecular flexibility index (Phi) is 8.16. The molecule has 0 radical (unpaired) electrons. The summed E-state index contributed by atoms with van der Waals surface area (Å²) in [6, 6.07) is 4.79. The van der Waals surface area contributed by atoms with E-state index in [0.717, 1.165) is 24.4 Å². The van der Waals surface area contributed by atoms with Crippen LogP contribution >= 0.6 is 23.2 Å². The molecule has 206 valence electrons. The van der Waals surface area contributed by atoms with Gasteiger partial charge in [0.2, 0.25) is 5.91 Å². The lowest BCUT2D eigenvalue weighted by atomic mass is 9.60. The van der Waals surface area contributed by atoms with Crippen LogP contribution in [0.15, 0.2) is 12.1 Å². The zero-order chi connectivity index (χ0) is 27.2. The molecule has 3 aliphatic rings. The van der Waals surface area contributed by atoms with Gasteiger partial charge < -0.3 is 24.0 Å². The summed E-state index contributed by atoms with van der Waals surface area (Å²) in [5.41, 5.74) is 0.394. The van der Waals surface area contributed by atoms with Gasteiger partial charge in [-0.2, -0.15) is 0 Å². The summed E-state index contributed by atoms with van der Waals surface area (Å²) >= 11 is 13.0. The second kappa shape index (κ2) is 10.6. The molecule has 10 heteroatoms. The Morgan fingerprint density at radius 2 is 1.84 bits per heavy atom. The molecule has 0 aromatic heterocycles. The van der Waals surface area contributed by atoms with E-state index in [0.29, 0.717) is 48.5 Å². The summed E-state index contributed by atoms with van der Waals surface area (Å²) in [4.78, 5) is 29.1. The van der Waals surface area contributed by atoms with E-state index in [-0.39, 0.29) is 36.2 Å². The summed E-state index contributed by atoms with van der Waals surface area (Å²) < 4.78 is 17.2. The van der Waals surface area contributed by atoms with Crippen LogP contribution in [-0.2, 0) is 14.3 Å². The first-order valence-electron chi connectivity index (χ1n) is 13.1. The fourth-order valence-corrected chi connectivity index (χ4v) is 6.74. The molecule has 3 fully saturated rings. The smallest absolute Gasteiger partial charge is 0.410 e. The largest absolute Gasteiger partial charge is 0.467 e. The van der Waals surface area contributed by atoms with Crippen molar-refractivity contribution >= 4 is 43.3 Å². The molecule has 4 rings (SSSR count). The van der Waals surface area contributed by atoms with Gasteiger partial charge in [0.25, 0.3) is 0 Å². The van der Waals surface area contributed by atoms with Crippen LogP contribution < -0.4 is 4.74 Å². The minimum Gasteiger partial charge on any atom is -0.467 e. The number of nitrogens with zero attached hydrogens (tertiary/aromatic N) is 2. The highest BCUT2D eigenvalue weighted by Crippen LogP contribution is 2.52. The molecule has 7 nitrogen and oxygen atoms in total. The normalized spacial score (nSPS) is 21.7. The van der Waals surface area contributed by atoms with Crippen LogP contribution in [0.3, 0.4) is 0 Å². The van der Waals surface area contributed by atoms with E-state index in [4.69, 9.17) is 37.4 Å². The third-order valence-corrected chi connectivity index (χ3v) is 9.96. The number of rotatable bonds is 8. The molecule has 1 aromatic carbocycles. The van der Waals surface area contributed by atoms with Gasteiger partial charge in [-0.05, 0) is 51.8 Å². The molecule has 1 atom stereocenters. The summed E-state index contributed by atoms with van der Waals surface area (Å²) in [6.45, 7) is 15.3. The van der Waals surface area contributed by atoms with Crippen LogP contribution in [0.1, 0.15) is 51.5 Å². The Morgan fingerprint density at radius 1 is 1.16 bits per heavy atom. The molecule has 2 saturated heterocycles. The molecule has 2 aliphatic heterocycles. The number of hydrogen-bond donors (Lipinski definition) is 0. The third kappa shape index (κ3) is 6.75. The van der Waals surface area contributed by atoms with Crippen molar-refractivity contribution in [2.75, 3.05) is 33.0 Å². The predicted octanol–water partition coefficient (Wildman–Crippen LogP) is 6.40. The Hall–Kier alpha value is -1.48. The van der Waals surface area contributed by atoms with Gasteiger partial charge in [0.1, 0.15) is 11.4 Å². The number of ether oxygens (including phenoxy) is 3. The molecule has 1 aromatic rings. The van der Waals surface area contributed by atoms with E-state index in [1.807, 2.05) is 31.7 Å². The molecule has 1 unspecified atom stereocenters. The molecule has 2 amide bonds. The monoisotopic (exact) mass is 570 g/mol. The van der Waals surface area contributed by atoms with E-state index >= 15 is 0 Å². The Bertz CT molecular complexity index is 1020. The number of benzene rings is 1. The lowest BCUT2D eigenvalue weighted by Crippen LogP contribution is -2.68. The average molecular weight is 572 g/mol. The molecule has 1 spiro atoms. The topological polar surface area (TPSA) is 68.3 Å². The van der Waals surface area contributed by atoms with Crippen molar-refractivity contribution in [2.24, 2.45) is 5.41 Å². The standard InChI is InChI=1S/C27H40Cl2N2O5Si/c1-26(2,3)36-25(33)30-15-27(16-30)12-19(13-27)31-14-18(11-22(31)32)23-21(8-7-20(28)24(23)29)35-17-34-9-10-37(4,5)6/h7-8,18-19H,9-17H2,1-6H3. The zero-order valence-electron chi connectivity index (χ0n) is 22.9. The highest BCUT2D eigenvalue weighted by molar-refractivity contribution is 6.76. The number of amides is 2. The van der Waals surface area contributed by atoms with Crippen LogP contribution in [-0.4, -0.2) is 74.6 Å². The SMILES string of the molecule is CC(C)(C)OC(=O)N1CC2(CC(N3CC(c4c(OCOCC[Si](C)(C)C)ccc(Cl)c4Cl)CC3=O)C2)C1. The molecule has 37 heavy (non-hydrogen) atoms. The maximum atomic E-state index is 13.0. The third-order valence-electron chi connectivity index (χ3n) is 7.44.